The van der Waals surface area contributed by atoms with Gasteiger partial charge >= 0.3 is 151 Å². The van der Waals surface area contributed by atoms with Crippen molar-refractivity contribution in [3.05, 3.63) is 97.1 Å². The Labute approximate surface area is 151 Å². The Hall–Kier alpha value is -2.90. The van der Waals surface area contributed by atoms with Crippen molar-refractivity contribution in [2.75, 3.05) is 0 Å². The van der Waals surface area contributed by atoms with Crippen LogP contribution in [0.4, 0.5) is 4.20 Å². The second kappa shape index (κ2) is 5.30. The third-order valence-electron chi connectivity index (χ3n) is 4.74. The van der Waals surface area contributed by atoms with Crippen molar-refractivity contribution in [3.63, 3.8) is 0 Å². The normalized spacial score (nSPS) is 18.1. The molecule has 2 nitrogen and oxygen atoms in total. The average Bonchev–Trinajstić information content (AvgIpc) is 2.70. The molecule has 0 unspecified atom stereocenters. The van der Waals surface area contributed by atoms with Gasteiger partial charge in [-0.15, -0.1) is 0 Å². The predicted octanol–water partition coefficient (Wildman–Crippen LogP) is 5.53. The van der Waals surface area contributed by atoms with Crippen molar-refractivity contribution in [2.24, 2.45) is 0 Å². The summed E-state index contributed by atoms with van der Waals surface area (Å²) >= 11 is 0. The molecule has 0 aliphatic carbocycles. The SMILES string of the molecule is FP1(c2ccccc2)(c2ccccc2)Oc2cccc3cccc(c23)O1. The summed E-state index contributed by atoms with van der Waals surface area (Å²) in [6.07, 6.45) is 0. The summed E-state index contributed by atoms with van der Waals surface area (Å²) in [4.78, 5) is 0. The zero-order valence-electron chi connectivity index (χ0n) is 13.9. The van der Waals surface area contributed by atoms with E-state index >= 15 is 4.20 Å². The van der Waals surface area contributed by atoms with Crippen molar-refractivity contribution in [2.45, 2.75) is 0 Å². The summed E-state index contributed by atoms with van der Waals surface area (Å²) in [5, 5.41) is 2.60. The molecular weight excluding hydrogens is 346 g/mol. The number of hydrogen-bond acceptors (Lipinski definition) is 2. The van der Waals surface area contributed by atoms with E-state index in [1.54, 1.807) is 60.7 Å². The monoisotopic (exact) mass is 362 g/mol. The quantitative estimate of drug-likeness (QED) is 0.437. The van der Waals surface area contributed by atoms with Crippen molar-refractivity contribution in [1.82, 2.24) is 0 Å². The molecule has 0 atom stereocenters. The van der Waals surface area contributed by atoms with E-state index in [1.807, 2.05) is 36.4 Å². The van der Waals surface area contributed by atoms with Crippen LogP contribution >= 0.6 is 7.37 Å². The first-order valence-electron chi connectivity index (χ1n) is 8.45. The van der Waals surface area contributed by atoms with E-state index in [9.17, 15) is 0 Å². The van der Waals surface area contributed by atoms with Crippen LogP contribution in [-0.4, -0.2) is 0 Å². The molecule has 4 aromatic rings. The van der Waals surface area contributed by atoms with Crippen LogP contribution in [0.5, 0.6) is 11.5 Å². The van der Waals surface area contributed by atoms with Crippen LogP contribution in [0.15, 0.2) is 97.1 Å². The number of benzene rings is 4. The molecule has 26 heavy (non-hydrogen) atoms. The summed E-state index contributed by atoms with van der Waals surface area (Å²) in [5.74, 6) is 1.02. The third kappa shape index (κ3) is 2.01. The minimum atomic E-state index is -4.87. The van der Waals surface area contributed by atoms with Gasteiger partial charge < -0.3 is 0 Å². The Bertz CT molecular complexity index is 1030. The fraction of sp³-hybridized carbons (Fsp3) is 0. The Balaban J connectivity index is 1.86. The van der Waals surface area contributed by atoms with Crippen molar-refractivity contribution < 1.29 is 13.2 Å². The van der Waals surface area contributed by atoms with Crippen LogP contribution in [-0.2, 0) is 0 Å². The topological polar surface area (TPSA) is 18.5 Å². The Morgan fingerprint density at radius 2 is 1.00 bits per heavy atom. The Morgan fingerprint density at radius 1 is 0.538 bits per heavy atom. The molecule has 1 aliphatic rings. The Kier molecular flexibility index (Phi) is 3.13. The average molecular weight is 362 g/mol. The Morgan fingerprint density at radius 3 is 1.46 bits per heavy atom. The van der Waals surface area contributed by atoms with E-state index in [1.165, 1.54) is 0 Å². The first kappa shape index (κ1) is 15.4. The van der Waals surface area contributed by atoms with Crippen LogP contribution in [0.3, 0.4) is 0 Å². The number of halogens is 1. The van der Waals surface area contributed by atoms with Crippen molar-refractivity contribution in [1.29, 1.82) is 0 Å². The summed E-state index contributed by atoms with van der Waals surface area (Å²) in [6.45, 7) is 0. The second-order valence-corrected chi connectivity index (χ2v) is 9.44. The van der Waals surface area contributed by atoms with Gasteiger partial charge in [-0.2, -0.15) is 0 Å². The molecule has 4 aromatic carbocycles. The molecule has 128 valence electrons. The summed E-state index contributed by atoms with van der Waals surface area (Å²) in [5.41, 5.74) is 0. The maximum absolute atomic E-state index is 17.3. The number of hydrogen-bond donors (Lipinski definition) is 0. The maximum atomic E-state index is 17.3. The molecule has 0 amide bonds. The zero-order chi connectivity index (χ0) is 17.6. The molecule has 5 rings (SSSR count). The van der Waals surface area contributed by atoms with E-state index in [-0.39, 0.29) is 0 Å². The predicted molar refractivity (Wildman–Crippen MR) is 105 cm³/mol. The van der Waals surface area contributed by atoms with Gasteiger partial charge in [-0.1, -0.05) is 0 Å². The fourth-order valence-corrected chi connectivity index (χ4v) is 6.64. The molecule has 0 fully saturated rings. The van der Waals surface area contributed by atoms with Gasteiger partial charge in [-0.05, 0) is 0 Å². The molecule has 0 spiro atoms. The summed E-state index contributed by atoms with van der Waals surface area (Å²) in [6, 6.07) is 29.2. The van der Waals surface area contributed by atoms with E-state index in [0.29, 0.717) is 22.1 Å². The van der Waals surface area contributed by atoms with Crippen LogP contribution in [0.1, 0.15) is 0 Å². The molecule has 4 heteroatoms. The van der Waals surface area contributed by atoms with E-state index in [0.717, 1.165) is 10.8 Å². The fourth-order valence-electron chi connectivity index (χ4n) is 3.52. The van der Waals surface area contributed by atoms with Crippen LogP contribution in [0, 0.1) is 0 Å². The van der Waals surface area contributed by atoms with Crippen molar-refractivity contribution >= 4 is 28.7 Å². The van der Waals surface area contributed by atoms with Gasteiger partial charge in [0.2, 0.25) is 0 Å². The van der Waals surface area contributed by atoms with Crippen LogP contribution in [0.25, 0.3) is 10.8 Å². The van der Waals surface area contributed by atoms with Gasteiger partial charge in [0.15, 0.2) is 0 Å². The standard InChI is InChI=1S/C22H16FO2P/c23-26(18-11-3-1-4-12-18,19-13-5-2-6-14-19)24-20-15-7-9-17-10-8-16-21(25-26)22(17)20/h1-16H. The van der Waals surface area contributed by atoms with Gasteiger partial charge in [0.05, 0.1) is 0 Å². The molecule has 0 saturated carbocycles. The third-order valence-corrected chi connectivity index (χ3v) is 8.13. The molecular formula is C22H16FO2P. The molecule has 0 bridgehead atoms. The van der Waals surface area contributed by atoms with Gasteiger partial charge in [-0.25, -0.2) is 0 Å². The molecule has 0 saturated heterocycles. The first-order chi connectivity index (χ1) is 12.7. The van der Waals surface area contributed by atoms with Crippen LogP contribution in [0.2, 0.25) is 0 Å². The summed E-state index contributed by atoms with van der Waals surface area (Å²) in [7, 11) is -4.87. The molecule has 1 heterocycles. The van der Waals surface area contributed by atoms with Gasteiger partial charge in [-0.3, -0.25) is 0 Å². The van der Waals surface area contributed by atoms with Gasteiger partial charge in [0.1, 0.15) is 0 Å². The molecule has 0 N–H and O–H groups in total. The zero-order valence-corrected chi connectivity index (χ0v) is 14.8. The number of rotatable bonds is 2. The molecule has 0 radical (unpaired) electrons. The van der Waals surface area contributed by atoms with Gasteiger partial charge in [0, 0.05) is 0 Å². The van der Waals surface area contributed by atoms with E-state index < -0.39 is 7.37 Å². The summed E-state index contributed by atoms with van der Waals surface area (Å²) < 4.78 is 29.7. The van der Waals surface area contributed by atoms with Crippen LogP contribution < -0.4 is 19.7 Å². The second-order valence-electron chi connectivity index (χ2n) is 6.32. The van der Waals surface area contributed by atoms with Crippen molar-refractivity contribution in [3.8, 4) is 11.5 Å². The van der Waals surface area contributed by atoms with Gasteiger partial charge in [0.25, 0.3) is 0 Å². The van der Waals surface area contributed by atoms with E-state index in [2.05, 4.69) is 0 Å². The molecule has 1 aliphatic heterocycles. The van der Waals surface area contributed by atoms with E-state index in [4.69, 9.17) is 9.05 Å². The molecule has 0 aromatic heterocycles. The first-order valence-corrected chi connectivity index (χ1v) is 10.4. The minimum absolute atomic E-state index is 0.413.